The molecule has 0 atom stereocenters. The second-order valence-corrected chi connectivity index (χ2v) is 8.30. The van der Waals surface area contributed by atoms with Crippen LogP contribution in [0.4, 0.5) is 16.3 Å². The van der Waals surface area contributed by atoms with E-state index >= 15 is 0 Å². The molecule has 1 saturated carbocycles. The Bertz CT molecular complexity index is 1190. The van der Waals surface area contributed by atoms with Crippen LogP contribution < -0.4 is 10.6 Å². The highest BCUT2D eigenvalue weighted by Crippen LogP contribution is 2.33. The molecule has 1 aliphatic rings. The number of nitrogens with zero attached hydrogens (tertiary/aromatic N) is 3. The summed E-state index contributed by atoms with van der Waals surface area (Å²) in [5.74, 6) is -0.988. The molecule has 3 aromatic heterocycles. The van der Waals surface area contributed by atoms with E-state index in [-0.39, 0.29) is 35.1 Å². The zero-order valence-corrected chi connectivity index (χ0v) is 18.5. The number of furan rings is 1. The van der Waals surface area contributed by atoms with Crippen molar-refractivity contribution < 1.29 is 23.9 Å². The van der Waals surface area contributed by atoms with Gasteiger partial charge in [-0.1, -0.05) is 11.6 Å². The number of hydrogen-bond acceptors (Lipinski definition) is 6. The molecule has 33 heavy (non-hydrogen) atoms. The molecule has 4 rings (SSSR count). The van der Waals surface area contributed by atoms with Gasteiger partial charge in [0, 0.05) is 31.4 Å². The van der Waals surface area contributed by atoms with Gasteiger partial charge in [-0.25, -0.2) is 9.78 Å². The lowest BCUT2D eigenvalue weighted by molar-refractivity contribution is -0.121. The first-order chi connectivity index (χ1) is 15.8. The zero-order chi connectivity index (χ0) is 23.5. The van der Waals surface area contributed by atoms with Crippen molar-refractivity contribution in [3.8, 4) is 0 Å². The monoisotopic (exact) mass is 471 g/mol. The topological polar surface area (TPSA) is 138 Å². The van der Waals surface area contributed by atoms with E-state index in [1.807, 2.05) is 0 Å². The lowest BCUT2D eigenvalue weighted by Gasteiger charge is -2.32. The minimum absolute atomic E-state index is 0.0897. The third-order valence-corrected chi connectivity index (χ3v) is 6.01. The summed E-state index contributed by atoms with van der Waals surface area (Å²) in [6.45, 7) is 0. The minimum Gasteiger partial charge on any atom is -0.465 e. The summed E-state index contributed by atoms with van der Waals surface area (Å²) in [5.41, 5.74) is 0.903. The number of rotatable bonds is 5. The Labute approximate surface area is 193 Å². The molecule has 10 nitrogen and oxygen atoms in total. The Kier molecular flexibility index (Phi) is 6.45. The maximum Gasteiger partial charge on any atom is 0.407 e. The minimum atomic E-state index is -0.982. The molecule has 1 fully saturated rings. The van der Waals surface area contributed by atoms with Crippen molar-refractivity contribution in [2.45, 2.75) is 31.7 Å². The van der Waals surface area contributed by atoms with Crippen LogP contribution in [0.3, 0.4) is 0 Å². The number of nitrogens with one attached hydrogen (secondary N) is 2. The van der Waals surface area contributed by atoms with Gasteiger partial charge in [-0.15, -0.1) is 0 Å². The Morgan fingerprint density at radius 3 is 2.55 bits per heavy atom. The lowest BCUT2D eigenvalue weighted by Crippen LogP contribution is -2.40. The standard InChI is InChI=1S/C22H22ClN5O5/c1-28(22(31)32)14-7-4-12(5-8-14)20(29)27-18-17-15(3-2-10-24-17)33-19(18)21(30)26-16-9-6-13(23)11-25-16/h2-3,6,9-12,14H,4-5,7-8H2,1H3,(H,27,29)(H,31,32)(H,25,26,30)/t12-,14-. The van der Waals surface area contributed by atoms with Crippen LogP contribution in [0, 0.1) is 5.92 Å². The molecule has 0 unspecified atom stereocenters. The average molecular weight is 472 g/mol. The van der Waals surface area contributed by atoms with Gasteiger partial charge in [-0.05, 0) is 49.9 Å². The number of pyridine rings is 2. The normalized spacial score (nSPS) is 18.0. The first kappa shape index (κ1) is 22.5. The fraction of sp³-hybridized carbons (Fsp3) is 0.318. The summed E-state index contributed by atoms with van der Waals surface area (Å²) in [6, 6.07) is 6.34. The molecule has 0 aromatic carbocycles. The van der Waals surface area contributed by atoms with Gasteiger partial charge < -0.3 is 25.1 Å². The Morgan fingerprint density at radius 2 is 1.88 bits per heavy atom. The molecule has 0 spiro atoms. The maximum absolute atomic E-state index is 13.0. The van der Waals surface area contributed by atoms with Gasteiger partial charge in [0.05, 0.1) is 5.02 Å². The van der Waals surface area contributed by atoms with E-state index in [1.54, 1.807) is 30.5 Å². The summed E-state index contributed by atoms with van der Waals surface area (Å²) < 4.78 is 5.70. The predicted octanol–water partition coefficient (Wildman–Crippen LogP) is 4.24. The molecule has 0 saturated heterocycles. The molecule has 1 aliphatic carbocycles. The van der Waals surface area contributed by atoms with Gasteiger partial charge in [-0.2, -0.15) is 0 Å². The van der Waals surface area contributed by atoms with E-state index in [0.717, 1.165) is 0 Å². The van der Waals surface area contributed by atoms with Gasteiger partial charge in [0.1, 0.15) is 17.0 Å². The molecule has 0 bridgehead atoms. The third-order valence-electron chi connectivity index (χ3n) is 5.79. The van der Waals surface area contributed by atoms with Crippen LogP contribution in [0.5, 0.6) is 0 Å². The molecule has 3 aromatic rings. The summed E-state index contributed by atoms with van der Waals surface area (Å²) in [7, 11) is 1.54. The van der Waals surface area contributed by atoms with E-state index in [9.17, 15) is 14.4 Å². The first-order valence-corrected chi connectivity index (χ1v) is 10.8. The highest BCUT2D eigenvalue weighted by atomic mass is 35.5. The quantitative estimate of drug-likeness (QED) is 0.506. The number of amides is 3. The highest BCUT2D eigenvalue weighted by Gasteiger charge is 2.32. The first-order valence-electron chi connectivity index (χ1n) is 10.4. The van der Waals surface area contributed by atoms with Crippen molar-refractivity contribution in [3.05, 3.63) is 47.4 Å². The summed E-state index contributed by atoms with van der Waals surface area (Å²) in [6.07, 6.45) is 4.20. The molecule has 172 valence electrons. The average Bonchev–Trinajstić information content (AvgIpc) is 3.18. The number of halogens is 1. The predicted molar refractivity (Wildman–Crippen MR) is 121 cm³/mol. The van der Waals surface area contributed by atoms with Crippen molar-refractivity contribution in [2.24, 2.45) is 5.92 Å². The second-order valence-electron chi connectivity index (χ2n) is 7.86. The molecule has 3 amide bonds. The molecule has 0 aliphatic heterocycles. The van der Waals surface area contributed by atoms with Crippen molar-refractivity contribution in [2.75, 3.05) is 17.7 Å². The van der Waals surface area contributed by atoms with Crippen molar-refractivity contribution in [1.82, 2.24) is 14.9 Å². The lowest BCUT2D eigenvalue weighted by atomic mass is 9.85. The number of carboxylic acid groups (broad SMARTS) is 1. The van der Waals surface area contributed by atoms with E-state index < -0.39 is 12.0 Å². The molecule has 0 radical (unpaired) electrons. The van der Waals surface area contributed by atoms with Gasteiger partial charge >= 0.3 is 6.09 Å². The van der Waals surface area contributed by atoms with Gasteiger partial charge in [0.2, 0.25) is 11.7 Å². The van der Waals surface area contributed by atoms with Crippen LogP contribution >= 0.6 is 11.6 Å². The number of aromatic nitrogens is 2. The summed E-state index contributed by atoms with van der Waals surface area (Å²) in [5, 5.41) is 15.0. The molecular formula is C22H22ClN5O5. The fourth-order valence-corrected chi connectivity index (χ4v) is 4.05. The fourth-order valence-electron chi connectivity index (χ4n) is 3.93. The van der Waals surface area contributed by atoms with Crippen LogP contribution in [-0.4, -0.2) is 51.0 Å². The number of hydrogen-bond donors (Lipinski definition) is 3. The largest absolute Gasteiger partial charge is 0.465 e. The second kappa shape index (κ2) is 9.45. The molecule has 3 heterocycles. The van der Waals surface area contributed by atoms with Crippen LogP contribution in [0.25, 0.3) is 11.1 Å². The van der Waals surface area contributed by atoms with Gasteiger partial charge in [0.15, 0.2) is 5.58 Å². The Hall–Kier alpha value is -3.66. The van der Waals surface area contributed by atoms with Crippen molar-refractivity contribution >= 4 is 52.1 Å². The highest BCUT2D eigenvalue weighted by molar-refractivity contribution is 6.30. The van der Waals surface area contributed by atoms with Crippen molar-refractivity contribution in [1.29, 1.82) is 0 Å². The van der Waals surface area contributed by atoms with Crippen LogP contribution in [0.15, 0.2) is 41.1 Å². The van der Waals surface area contributed by atoms with Crippen LogP contribution in [0.2, 0.25) is 5.02 Å². The smallest absolute Gasteiger partial charge is 0.407 e. The van der Waals surface area contributed by atoms with E-state index in [1.165, 1.54) is 18.1 Å². The van der Waals surface area contributed by atoms with Crippen LogP contribution in [0.1, 0.15) is 36.2 Å². The maximum atomic E-state index is 13.0. The van der Waals surface area contributed by atoms with E-state index in [2.05, 4.69) is 20.6 Å². The summed E-state index contributed by atoms with van der Waals surface area (Å²) >= 11 is 5.84. The third kappa shape index (κ3) is 4.90. The SMILES string of the molecule is CN(C(=O)O)[C@H]1CC[C@H](C(=O)Nc2c(C(=O)Nc3ccc(Cl)cn3)oc3cccnc23)CC1. The molecule has 11 heteroatoms. The Balaban J connectivity index is 1.52. The number of carbonyl (C=O) groups excluding carboxylic acids is 2. The number of fused-ring (bicyclic) bond motifs is 1. The van der Waals surface area contributed by atoms with E-state index in [4.69, 9.17) is 21.1 Å². The van der Waals surface area contributed by atoms with Crippen LogP contribution in [-0.2, 0) is 4.79 Å². The van der Waals surface area contributed by atoms with Crippen molar-refractivity contribution in [3.63, 3.8) is 0 Å². The van der Waals surface area contributed by atoms with Gasteiger partial charge in [-0.3, -0.25) is 14.6 Å². The molecule has 3 N–H and O–H groups in total. The zero-order valence-electron chi connectivity index (χ0n) is 17.7. The number of carbonyl (C=O) groups is 3. The summed E-state index contributed by atoms with van der Waals surface area (Å²) in [4.78, 5) is 46.7. The van der Waals surface area contributed by atoms with Gasteiger partial charge in [0.25, 0.3) is 5.91 Å². The number of anilines is 2. The van der Waals surface area contributed by atoms with E-state index in [0.29, 0.717) is 41.8 Å². The molecular weight excluding hydrogens is 450 g/mol. The Morgan fingerprint density at radius 1 is 1.12 bits per heavy atom.